The second-order valence-corrected chi connectivity index (χ2v) is 5.81. The Bertz CT molecular complexity index is 658. The van der Waals surface area contributed by atoms with Crippen LogP contribution in [0.25, 0.3) is 0 Å². The van der Waals surface area contributed by atoms with Crippen molar-refractivity contribution in [2.45, 2.75) is 13.5 Å². The molecule has 0 radical (unpaired) electrons. The number of likely N-dealkylation sites (N-methyl/N-ethyl adjacent to an activating group) is 1. The number of nitrogens with zero attached hydrogens (tertiary/aromatic N) is 2. The van der Waals surface area contributed by atoms with Crippen LogP contribution in [-0.4, -0.2) is 29.3 Å². The van der Waals surface area contributed by atoms with Gasteiger partial charge in [-0.15, -0.1) is 0 Å². The van der Waals surface area contributed by atoms with E-state index in [-0.39, 0.29) is 5.78 Å². The van der Waals surface area contributed by atoms with E-state index in [2.05, 4.69) is 4.98 Å². The van der Waals surface area contributed by atoms with Gasteiger partial charge in [-0.05, 0) is 44.3 Å². The summed E-state index contributed by atoms with van der Waals surface area (Å²) in [5.74, 6) is 0.00344. The third-order valence-electron chi connectivity index (χ3n) is 3.03. The average Bonchev–Trinajstić information content (AvgIpc) is 2.41. The Morgan fingerprint density at radius 3 is 2.62 bits per heavy atom. The Morgan fingerprint density at radius 2 is 1.95 bits per heavy atom. The molecular weight excluding hydrogens is 307 g/mol. The van der Waals surface area contributed by atoms with Gasteiger partial charge in [-0.25, -0.2) is 0 Å². The van der Waals surface area contributed by atoms with E-state index in [0.29, 0.717) is 28.7 Å². The molecule has 0 spiro atoms. The molecule has 0 atom stereocenters. The molecule has 1 aromatic carbocycles. The number of carbonyl (C=O) groups is 1. The Hall–Kier alpha value is -1.42. The fraction of sp³-hybridized carbons (Fsp3) is 0.250. The summed E-state index contributed by atoms with van der Waals surface area (Å²) in [4.78, 5) is 18.6. The van der Waals surface area contributed by atoms with Gasteiger partial charge < -0.3 is 0 Å². The molecule has 0 bridgehead atoms. The number of carbonyl (C=O) groups excluding carboxylic acids is 1. The van der Waals surface area contributed by atoms with E-state index in [1.54, 1.807) is 18.2 Å². The van der Waals surface area contributed by atoms with Crippen LogP contribution in [0.15, 0.2) is 36.4 Å². The Morgan fingerprint density at radius 1 is 1.19 bits per heavy atom. The van der Waals surface area contributed by atoms with Crippen molar-refractivity contribution in [1.82, 2.24) is 9.88 Å². The number of rotatable bonds is 5. The van der Waals surface area contributed by atoms with E-state index in [9.17, 15) is 4.79 Å². The number of benzene rings is 1. The second-order valence-electron chi connectivity index (χ2n) is 4.99. The lowest BCUT2D eigenvalue weighted by atomic mass is 10.1. The van der Waals surface area contributed by atoms with Gasteiger partial charge in [0.2, 0.25) is 0 Å². The lowest BCUT2D eigenvalue weighted by molar-refractivity contribution is 0.0942. The number of ketones is 1. The van der Waals surface area contributed by atoms with Crippen molar-refractivity contribution in [2.75, 3.05) is 13.6 Å². The summed E-state index contributed by atoms with van der Waals surface area (Å²) >= 11 is 11.8. The minimum Gasteiger partial charge on any atom is -0.293 e. The van der Waals surface area contributed by atoms with Crippen molar-refractivity contribution in [1.29, 1.82) is 0 Å². The first-order chi connectivity index (χ1) is 9.95. The van der Waals surface area contributed by atoms with Crippen LogP contribution in [0.2, 0.25) is 10.0 Å². The molecule has 0 aliphatic rings. The van der Waals surface area contributed by atoms with E-state index < -0.39 is 0 Å². The molecular formula is C16H16Cl2N2O. The van der Waals surface area contributed by atoms with E-state index in [1.807, 2.05) is 37.1 Å². The van der Waals surface area contributed by atoms with E-state index >= 15 is 0 Å². The smallest absolute Gasteiger partial charge is 0.176 e. The molecule has 0 amide bonds. The van der Waals surface area contributed by atoms with Crippen LogP contribution < -0.4 is 0 Å². The van der Waals surface area contributed by atoms with Gasteiger partial charge in [0.15, 0.2) is 5.78 Å². The summed E-state index contributed by atoms with van der Waals surface area (Å²) in [6, 6.07) is 10.8. The highest BCUT2D eigenvalue weighted by molar-refractivity contribution is 6.42. The number of halogens is 2. The van der Waals surface area contributed by atoms with Gasteiger partial charge in [-0.1, -0.05) is 29.3 Å². The van der Waals surface area contributed by atoms with Gasteiger partial charge in [0.05, 0.1) is 22.3 Å². The molecule has 0 unspecified atom stereocenters. The maximum atomic E-state index is 12.2. The summed E-state index contributed by atoms with van der Waals surface area (Å²) in [5.41, 5.74) is 2.48. The predicted octanol–water partition coefficient (Wildman–Crippen LogP) is 4.01. The molecule has 0 aliphatic carbocycles. The van der Waals surface area contributed by atoms with Gasteiger partial charge in [0, 0.05) is 17.8 Å². The van der Waals surface area contributed by atoms with Crippen LogP contribution in [-0.2, 0) is 6.54 Å². The molecule has 21 heavy (non-hydrogen) atoms. The Kier molecular flexibility index (Phi) is 5.34. The maximum Gasteiger partial charge on any atom is 0.176 e. The molecule has 1 aromatic heterocycles. The zero-order valence-corrected chi connectivity index (χ0v) is 13.4. The first-order valence-corrected chi connectivity index (χ1v) is 7.30. The minimum atomic E-state index is 0.00344. The molecule has 2 rings (SSSR count). The summed E-state index contributed by atoms with van der Waals surface area (Å²) in [6.45, 7) is 2.87. The standard InChI is InChI=1S/C16H16Cl2N2O/c1-11-4-3-5-13(19-11)9-20(2)10-16(21)12-6-7-14(17)15(18)8-12/h3-8H,9-10H2,1-2H3. The fourth-order valence-corrected chi connectivity index (χ4v) is 2.32. The molecule has 0 N–H and O–H groups in total. The SMILES string of the molecule is Cc1cccc(CN(C)CC(=O)c2ccc(Cl)c(Cl)c2)n1. The number of hydrogen-bond acceptors (Lipinski definition) is 3. The molecule has 3 nitrogen and oxygen atoms in total. The van der Waals surface area contributed by atoms with Gasteiger partial charge in [-0.3, -0.25) is 14.7 Å². The van der Waals surface area contributed by atoms with Crippen LogP contribution in [0.1, 0.15) is 21.7 Å². The number of aromatic nitrogens is 1. The number of Topliss-reactive ketones (excluding diaryl/α,β-unsaturated/α-hetero) is 1. The summed E-state index contributed by atoms with van der Waals surface area (Å²) < 4.78 is 0. The van der Waals surface area contributed by atoms with Gasteiger partial charge in [0.25, 0.3) is 0 Å². The van der Waals surface area contributed by atoms with Crippen molar-refractivity contribution in [3.63, 3.8) is 0 Å². The Balaban J connectivity index is 2.00. The number of hydrogen-bond donors (Lipinski definition) is 0. The minimum absolute atomic E-state index is 0.00344. The number of pyridine rings is 1. The predicted molar refractivity (Wildman–Crippen MR) is 86.1 cm³/mol. The quantitative estimate of drug-likeness (QED) is 0.780. The molecule has 0 fully saturated rings. The van der Waals surface area contributed by atoms with Crippen LogP contribution in [0, 0.1) is 6.92 Å². The first kappa shape index (κ1) is 16.0. The van der Waals surface area contributed by atoms with E-state index in [4.69, 9.17) is 23.2 Å². The second kappa shape index (κ2) is 7.03. The normalized spacial score (nSPS) is 10.9. The van der Waals surface area contributed by atoms with Crippen LogP contribution in [0.3, 0.4) is 0 Å². The zero-order valence-electron chi connectivity index (χ0n) is 11.9. The highest BCUT2D eigenvalue weighted by atomic mass is 35.5. The molecule has 5 heteroatoms. The van der Waals surface area contributed by atoms with Crippen molar-refractivity contribution >= 4 is 29.0 Å². The first-order valence-electron chi connectivity index (χ1n) is 6.55. The number of aryl methyl sites for hydroxylation is 1. The third-order valence-corrected chi connectivity index (χ3v) is 3.77. The van der Waals surface area contributed by atoms with Crippen LogP contribution in [0.4, 0.5) is 0 Å². The molecule has 0 saturated heterocycles. The lowest BCUT2D eigenvalue weighted by Crippen LogP contribution is -2.26. The van der Waals surface area contributed by atoms with Crippen molar-refractivity contribution in [3.8, 4) is 0 Å². The lowest BCUT2D eigenvalue weighted by Gasteiger charge is -2.15. The third kappa shape index (κ3) is 4.53. The van der Waals surface area contributed by atoms with Gasteiger partial charge >= 0.3 is 0 Å². The summed E-state index contributed by atoms with van der Waals surface area (Å²) in [5, 5.41) is 0.844. The molecule has 2 aromatic rings. The maximum absolute atomic E-state index is 12.2. The Labute approximate surface area is 134 Å². The van der Waals surface area contributed by atoms with Crippen molar-refractivity contribution in [2.24, 2.45) is 0 Å². The zero-order chi connectivity index (χ0) is 15.4. The molecule has 0 saturated carbocycles. The van der Waals surface area contributed by atoms with Crippen molar-refractivity contribution < 1.29 is 4.79 Å². The highest BCUT2D eigenvalue weighted by Gasteiger charge is 2.11. The molecule has 0 aliphatic heterocycles. The molecule has 1 heterocycles. The van der Waals surface area contributed by atoms with E-state index in [1.165, 1.54) is 0 Å². The summed E-state index contributed by atoms with van der Waals surface area (Å²) in [7, 11) is 1.89. The fourth-order valence-electron chi connectivity index (χ4n) is 2.03. The topological polar surface area (TPSA) is 33.2 Å². The highest BCUT2D eigenvalue weighted by Crippen LogP contribution is 2.22. The van der Waals surface area contributed by atoms with Gasteiger partial charge in [-0.2, -0.15) is 0 Å². The van der Waals surface area contributed by atoms with Gasteiger partial charge in [0.1, 0.15) is 0 Å². The van der Waals surface area contributed by atoms with Crippen LogP contribution in [0.5, 0.6) is 0 Å². The van der Waals surface area contributed by atoms with Crippen LogP contribution >= 0.6 is 23.2 Å². The van der Waals surface area contributed by atoms with Crippen molar-refractivity contribution in [3.05, 3.63) is 63.4 Å². The van der Waals surface area contributed by atoms with E-state index in [0.717, 1.165) is 11.4 Å². The monoisotopic (exact) mass is 322 g/mol. The summed E-state index contributed by atoms with van der Waals surface area (Å²) in [6.07, 6.45) is 0. The average molecular weight is 323 g/mol. The molecule has 110 valence electrons. The largest absolute Gasteiger partial charge is 0.293 e.